The Morgan fingerprint density at radius 2 is 1.97 bits per heavy atom. The van der Waals surface area contributed by atoms with E-state index in [0.29, 0.717) is 12.2 Å². The molecule has 0 aliphatic rings. The van der Waals surface area contributed by atoms with Crippen LogP contribution in [0.1, 0.15) is 29.4 Å². The van der Waals surface area contributed by atoms with Gasteiger partial charge in [0, 0.05) is 6.07 Å². The third kappa shape index (κ3) is 3.41. The van der Waals surface area contributed by atoms with Crippen LogP contribution in [0.3, 0.4) is 0 Å². The summed E-state index contributed by atoms with van der Waals surface area (Å²) >= 11 is 0. The standard InChI is InChI=1S/C20H19FN6O3S/c1-3-30-17-6-4-5-15(26-17)20(31(22,28)29,13-8-7-12(2)14(21)9-13)16-10-23-18-19(27-16)25-11-24-18/h4-11H,3H2,1-2H3,(H2,22,28,29)(H,23,24,25,27). The number of nitrogens with one attached hydrogen (secondary N) is 1. The van der Waals surface area contributed by atoms with Gasteiger partial charge in [-0.05, 0) is 37.1 Å². The first-order valence-corrected chi connectivity index (χ1v) is 10.9. The van der Waals surface area contributed by atoms with Crippen molar-refractivity contribution in [1.29, 1.82) is 0 Å². The molecule has 0 radical (unpaired) electrons. The molecule has 3 heterocycles. The Balaban J connectivity index is 2.14. The summed E-state index contributed by atoms with van der Waals surface area (Å²) in [6.07, 6.45) is 2.63. The topological polar surface area (TPSA) is 137 Å². The number of sulfonamides is 1. The number of hydrogen-bond donors (Lipinski definition) is 2. The Hall–Kier alpha value is -3.44. The van der Waals surface area contributed by atoms with Gasteiger partial charge in [-0.3, -0.25) is 0 Å². The minimum atomic E-state index is -4.52. The van der Waals surface area contributed by atoms with Crippen LogP contribution in [0.15, 0.2) is 48.9 Å². The number of fused-ring (bicyclic) bond motifs is 1. The molecule has 0 fully saturated rings. The van der Waals surface area contributed by atoms with Gasteiger partial charge in [-0.25, -0.2) is 37.9 Å². The highest BCUT2D eigenvalue weighted by Gasteiger charge is 2.51. The number of rotatable bonds is 6. The molecule has 3 N–H and O–H groups in total. The molecular formula is C20H19FN6O3S. The number of primary sulfonamides is 1. The summed E-state index contributed by atoms with van der Waals surface area (Å²) in [6, 6.07) is 8.72. The second kappa shape index (κ2) is 7.67. The van der Waals surface area contributed by atoms with Crippen molar-refractivity contribution in [2.45, 2.75) is 18.6 Å². The molecule has 0 saturated carbocycles. The smallest absolute Gasteiger partial charge is 0.230 e. The van der Waals surface area contributed by atoms with E-state index in [0.717, 1.165) is 6.07 Å². The summed E-state index contributed by atoms with van der Waals surface area (Å²) in [6.45, 7) is 3.66. The molecule has 160 valence electrons. The van der Waals surface area contributed by atoms with Gasteiger partial charge in [0.1, 0.15) is 5.82 Å². The number of benzene rings is 1. The Labute approximate surface area is 177 Å². The van der Waals surface area contributed by atoms with E-state index < -0.39 is 20.6 Å². The van der Waals surface area contributed by atoms with Crippen molar-refractivity contribution in [1.82, 2.24) is 24.9 Å². The molecule has 0 amide bonds. The maximum absolute atomic E-state index is 14.6. The van der Waals surface area contributed by atoms with Crippen molar-refractivity contribution < 1.29 is 17.5 Å². The number of imidazole rings is 1. The van der Waals surface area contributed by atoms with Gasteiger partial charge in [0.05, 0.1) is 30.5 Å². The van der Waals surface area contributed by atoms with Crippen molar-refractivity contribution in [3.63, 3.8) is 0 Å². The van der Waals surface area contributed by atoms with Crippen molar-refractivity contribution in [3.8, 4) is 5.88 Å². The number of aromatic amines is 1. The molecule has 0 spiro atoms. The molecule has 3 aromatic heterocycles. The van der Waals surface area contributed by atoms with Gasteiger partial charge in [-0.15, -0.1) is 0 Å². The quantitative estimate of drug-likeness (QED) is 0.467. The molecule has 1 atom stereocenters. The Bertz CT molecular complexity index is 1370. The minimum absolute atomic E-state index is 0.00244. The zero-order valence-corrected chi connectivity index (χ0v) is 17.5. The number of aromatic nitrogens is 5. The monoisotopic (exact) mass is 442 g/mol. The third-order valence-corrected chi connectivity index (χ3v) is 6.39. The average Bonchev–Trinajstić information content (AvgIpc) is 3.19. The molecular weight excluding hydrogens is 423 g/mol. The van der Waals surface area contributed by atoms with E-state index >= 15 is 0 Å². The lowest BCUT2D eigenvalue weighted by Gasteiger charge is -2.31. The predicted octanol–water partition coefficient (Wildman–Crippen LogP) is 2.17. The minimum Gasteiger partial charge on any atom is -0.478 e. The molecule has 0 aliphatic carbocycles. The Kier molecular flexibility index (Phi) is 5.15. The highest BCUT2D eigenvalue weighted by Crippen LogP contribution is 2.42. The molecule has 9 nitrogen and oxygen atoms in total. The number of ether oxygens (including phenoxy) is 1. The maximum Gasteiger partial charge on any atom is 0.230 e. The number of pyridine rings is 1. The fraction of sp³-hybridized carbons (Fsp3) is 0.200. The van der Waals surface area contributed by atoms with Crippen LogP contribution in [-0.4, -0.2) is 39.9 Å². The van der Waals surface area contributed by atoms with E-state index in [4.69, 9.17) is 9.88 Å². The lowest BCUT2D eigenvalue weighted by molar-refractivity contribution is 0.325. The largest absolute Gasteiger partial charge is 0.478 e. The lowest BCUT2D eigenvalue weighted by Crippen LogP contribution is -2.44. The lowest BCUT2D eigenvalue weighted by atomic mass is 9.90. The first kappa shape index (κ1) is 20.8. The number of nitrogens with zero attached hydrogens (tertiary/aromatic N) is 4. The van der Waals surface area contributed by atoms with Gasteiger partial charge >= 0.3 is 0 Å². The van der Waals surface area contributed by atoms with Crippen LogP contribution < -0.4 is 9.88 Å². The SMILES string of the molecule is CCOc1cccc(C(c2ccc(C)c(F)c2)(c2cnc3nc[nH]c3n2)S(N)(=O)=O)n1. The summed E-state index contributed by atoms with van der Waals surface area (Å²) in [5, 5.41) is 5.82. The van der Waals surface area contributed by atoms with E-state index in [9.17, 15) is 12.8 Å². The van der Waals surface area contributed by atoms with Crippen LogP contribution in [0.2, 0.25) is 0 Å². The van der Waals surface area contributed by atoms with Gasteiger partial charge in [0.25, 0.3) is 0 Å². The summed E-state index contributed by atoms with van der Waals surface area (Å²) in [7, 11) is -4.52. The normalized spacial score (nSPS) is 13.8. The molecule has 0 aliphatic heterocycles. The van der Waals surface area contributed by atoms with E-state index in [-0.39, 0.29) is 34.1 Å². The summed E-state index contributed by atoms with van der Waals surface area (Å²) in [5.41, 5.74) is 0.858. The molecule has 0 saturated heterocycles. The number of halogens is 1. The van der Waals surface area contributed by atoms with Crippen LogP contribution in [0.5, 0.6) is 5.88 Å². The van der Waals surface area contributed by atoms with Crippen molar-refractivity contribution in [3.05, 3.63) is 77.3 Å². The van der Waals surface area contributed by atoms with Gasteiger partial charge < -0.3 is 9.72 Å². The first-order chi connectivity index (χ1) is 14.8. The number of hydrogen-bond acceptors (Lipinski definition) is 7. The number of aryl methyl sites for hydroxylation is 1. The number of nitrogens with two attached hydrogens (primary N) is 1. The highest BCUT2D eigenvalue weighted by atomic mass is 32.2. The van der Waals surface area contributed by atoms with Crippen LogP contribution >= 0.6 is 0 Å². The van der Waals surface area contributed by atoms with Crippen LogP contribution in [0.25, 0.3) is 11.3 Å². The van der Waals surface area contributed by atoms with Crippen molar-refractivity contribution in [2.24, 2.45) is 5.14 Å². The molecule has 1 unspecified atom stereocenters. The van der Waals surface area contributed by atoms with Crippen molar-refractivity contribution in [2.75, 3.05) is 6.61 Å². The van der Waals surface area contributed by atoms with Crippen LogP contribution in [0.4, 0.5) is 4.39 Å². The highest BCUT2D eigenvalue weighted by molar-refractivity contribution is 7.90. The second-order valence-electron chi connectivity index (χ2n) is 6.81. The number of H-pyrrole nitrogens is 1. The zero-order chi connectivity index (χ0) is 22.2. The summed E-state index contributed by atoms with van der Waals surface area (Å²) in [4.78, 5) is 19.8. The van der Waals surface area contributed by atoms with Gasteiger partial charge in [0.2, 0.25) is 15.9 Å². The van der Waals surface area contributed by atoms with Crippen LogP contribution in [0, 0.1) is 12.7 Å². The molecule has 11 heteroatoms. The molecule has 4 rings (SSSR count). The maximum atomic E-state index is 14.6. The van der Waals surface area contributed by atoms with Crippen molar-refractivity contribution >= 4 is 21.3 Å². The fourth-order valence-electron chi connectivity index (χ4n) is 3.43. The van der Waals surface area contributed by atoms with E-state index in [1.54, 1.807) is 26.0 Å². The van der Waals surface area contributed by atoms with Crippen LogP contribution in [-0.2, 0) is 14.8 Å². The summed E-state index contributed by atoms with van der Waals surface area (Å²) in [5.74, 6) is -0.404. The van der Waals surface area contributed by atoms with E-state index in [2.05, 4.69) is 24.9 Å². The average molecular weight is 442 g/mol. The van der Waals surface area contributed by atoms with E-state index in [1.807, 2.05) is 0 Å². The Morgan fingerprint density at radius 3 is 2.68 bits per heavy atom. The van der Waals surface area contributed by atoms with Gasteiger partial charge in [0.15, 0.2) is 16.0 Å². The summed E-state index contributed by atoms with van der Waals surface area (Å²) < 4.78 is 44.5. The molecule has 1 aromatic carbocycles. The fourth-order valence-corrected chi connectivity index (χ4v) is 4.68. The van der Waals surface area contributed by atoms with Gasteiger partial charge in [-0.2, -0.15) is 0 Å². The first-order valence-electron chi connectivity index (χ1n) is 9.33. The molecule has 31 heavy (non-hydrogen) atoms. The predicted molar refractivity (Wildman–Crippen MR) is 111 cm³/mol. The van der Waals surface area contributed by atoms with E-state index in [1.165, 1.54) is 30.7 Å². The second-order valence-corrected chi connectivity index (χ2v) is 8.52. The third-order valence-electron chi connectivity index (χ3n) is 4.88. The Morgan fingerprint density at radius 1 is 1.16 bits per heavy atom. The molecule has 4 aromatic rings. The molecule has 0 bridgehead atoms. The van der Waals surface area contributed by atoms with Gasteiger partial charge in [-0.1, -0.05) is 18.2 Å². The zero-order valence-electron chi connectivity index (χ0n) is 16.7.